The molecule has 198 valence electrons. The number of anilines is 3. The first kappa shape index (κ1) is 25.6. The van der Waals surface area contributed by atoms with Crippen LogP contribution >= 0.6 is 0 Å². The van der Waals surface area contributed by atoms with Gasteiger partial charge in [0.25, 0.3) is 10.0 Å². The molecule has 0 aliphatic rings. The molecule has 5 aromatic rings. The third kappa shape index (κ3) is 4.82. The van der Waals surface area contributed by atoms with Crippen molar-refractivity contribution < 1.29 is 31.5 Å². The van der Waals surface area contributed by atoms with E-state index in [1.165, 1.54) is 42.1 Å². The predicted molar refractivity (Wildman–Crippen MR) is 133 cm³/mol. The quantitative estimate of drug-likeness (QED) is 0.269. The maximum atomic E-state index is 15.4. The number of sulfonamides is 1. The largest absolute Gasteiger partial charge is 0.476 e. The third-order valence-corrected chi connectivity index (χ3v) is 7.11. The van der Waals surface area contributed by atoms with Gasteiger partial charge in [0.05, 0.1) is 16.1 Å². The SMILES string of the molecule is Cc1c(F)cccc1S(=O)(=O)Nc1ccc(F)c(Nc2ncnc3ccc(-n4ccc(C(=O)O)n4)nc23)c1F. The van der Waals surface area contributed by atoms with Gasteiger partial charge in [-0.05, 0) is 49.4 Å². The summed E-state index contributed by atoms with van der Waals surface area (Å²) in [4.78, 5) is 23.1. The number of nitrogens with one attached hydrogen (secondary N) is 2. The zero-order chi connectivity index (χ0) is 27.9. The molecule has 5 rings (SSSR count). The number of hydrogen-bond acceptors (Lipinski definition) is 8. The Kier molecular flexibility index (Phi) is 6.35. The van der Waals surface area contributed by atoms with Crippen LogP contribution in [0.5, 0.6) is 0 Å². The number of benzene rings is 2. The first-order valence-corrected chi connectivity index (χ1v) is 12.5. The molecule has 0 aliphatic heterocycles. The second-order valence-corrected chi connectivity index (χ2v) is 9.74. The molecule has 0 spiro atoms. The molecule has 0 aliphatic carbocycles. The van der Waals surface area contributed by atoms with Gasteiger partial charge in [-0.15, -0.1) is 0 Å². The molecule has 0 saturated heterocycles. The maximum absolute atomic E-state index is 15.4. The molecule has 0 saturated carbocycles. The van der Waals surface area contributed by atoms with Crippen LogP contribution in [0, 0.1) is 24.4 Å². The number of fused-ring (bicyclic) bond motifs is 1. The summed E-state index contributed by atoms with van der Waals surface area (Å²) in [5, 5.41) is 15.5. The van der Waals surface area contributed by atoms with E-state index in [-0.39, 0.29) is 33.9 Å². The van der Waals surface area contributed by atoms with Crippen molar-refractivity contribution in [1.29, 1.82) is 0 Å². The Morgan fingerprint density at radius 2 is 1.79 bits per heavy atom. The second-order valence-electron chi connectivity index (χ2n) is 8.09. The van der Waals surface area contributed by atoms with E-state index >= 15 is 4.39 Å². The monoisotopic (exact) mass is 555 g/mol. The minimum absolute atomic E-state index is 0.0579. The number of aromatic carboxylic acids is 1. The predicted octanol–water partition coefficient (Wildman–Crippen LogP) is 4.18. The lowest BCUT2D eigenvalue weighted by Crippen LogP contribution is -2.16. The van der Waals surface area contributed by atoms with Gasteiger partial charge in [0.1, 0.15) is 29.2 Å². The number of halogens is 3. The van der Waals surface area contributed by atoms with Crippen LogP contribution in [0.4, 0.5) is 30.4 Å². The van der Waals surface area contributed by atoms with Crippen molar-refractivity contribution in [3.63, 3.8) is 0 Å². The van der Waals surface area contributed by atoms with E-state index in [1.807, 2.05) is 4.72 Å². The van der Waals surface area contributed by atoms with E-state index < -0.39 is 49.7 Å². The lowest BCUT2D eigenvalue weighted by molar-refractivity contribution is 0.0690. The van der Waals surface area contributed by atoms with Gasteiger partial charge < -0.3 is 10.4 Å². The molecule has 0 unspecified atom stereocenters. The highest BCUT2D eigenvalue weighted by atomic mass is 32.2. The minimum atomic E-state index is -4.44. The van der Waals surface area contributed by atoms with Crippen molar-refractivity contribution in [3.8, 4) is 5.82 Å². The van der Waals surface area contributed by atoms with Gasteiger partial charge in [0, 0.05) is 11.8 Å². The first-order valence-electron chi connectivity index (χ1n) is 11.0. The molecule has 3 heterocycles. The Hall–Kier alpha value is -5.05. The van der Waals surface area contributed by atoms with Crippen LogP contribution in [0.25, 0.3) is 16.9 Å². The van der Waals surface area contributed by atoms with Crippen molar-refractivity contribution in [1.82, 2.24) is 24.7 Å². The Balaban J connectivity index is 1.53. The van der Waals surface area contributed by atoms with E-state index in [1.54, 1.807) is 0 Å². The van der Waals surface area contributed by atoms with Gasteiger partial charge in [-0.3, -0.25) is 4.72 Å². The highest BCUT2D eigenvalue weighted by molar-refractivity contribution is 7.92. The van der Waals surface area contributed by atoms with Crippen molar-refractivity contribution in [2.45, 2.75) is 11.8 Å². The number of carboxylic acid groups (broad SMARTS) is 1. The summed E-state index contributed by atoms with van der Waals surface area (Å²) in [7, 11) is -4.44. The van der Waals surface area contributed by atoms with E-state index in [4.69, 9.17) is 5.11 Å². The highest BCUT2D eigenvalue weighted by Gasteiger charge is 2.23. The summed E-state index contributed by atoms with van der Waals surface area (Å²) < 4.78 is 73.0. The number of hydrogen-bond donors (Lipinski definition) is 3. The number of nitrogens with zero attached hydrogens (tertiary/aromatic N) is 5. The number of pyridine rings is 1. The fourth-order valence-electron chi connectivity index (χ4n) is 3.66. The molecule has 2 aromatic carbocycles. The zero-order valence-electron chi connectivity index (χ0n) is 19.7. The normalized spacial score (nSPS) is 11.5. The van der Waals surface area contributed by atoms with Crippen LogP contribution in [0.3, 0.4) is 0 Å². The van der Waals surface area contributed by atoms with Crippen LogP contribution in [0.2, 0.25) is 0 Å². The van der Waals surface area contributed by atoms with E-state index in [0.29, 0.717) is 0 Å². The average Bonchev–Trinajstić information content (AvgIpc) is 3.40. The Bertz CT molecular complexity index is 1880. The smallest absolute Gasteiger partial charge is 0.356 e. The molecule has 3 aromatic heterocycles. The minimum Gasteiger partial charge on any atom is -0.476 e. The maximum Gasteiger partial charge on any atom is 0.356 e. The summed E-state index contributed by atoms with van der Waals surface area (Å²) >= 11 is 0. The van der Waals surface area contributed by atoms with Gasteiger partial charge in [-0.2, -0.15) is 5.10 Å². The highest BCUT2D eigenvalue weighted by Crippen LogP contribution is 2.32. The van der Waals surface area contributed by atoms with E-state index in [0.717, 1.165) is 30.6 Å². The lowest BCUT2D eigenvalue weighted by atomic mass is 10.2. The van der Waals surface area contributed by atoms with Gasteiger partial charge in [0.2, 0.25) is 0 Å². The van der Waals surface area contributed by atoms with E-state index in [9.17, 15) is 22.0 Å². The van der Waals surface area contributed by atoms with Crippen LogP contribution in [0.1, 0.15) is 16.1 Å². The van der Waals surface area contributed by atoms with Gasteiger partial charge in [0.15, 0.2) is 23.1 Å². The summed E-state index contributed by atoms with van der Waals surface area (Å²) in [5.41, 5.74) is -1.41. The number of aromatic nitrogens is 5. The molecule has 0 fully saturated rings. The molecule has 39 heavy (non-hydrogen) atoms. The van der Waals surface area contributed by atoms with Crippen molar-refractivity contribution in [3.05, 3.63) is 89.8 Å². The van der Waals surface area contributed by atoms with Crippen LogP contribution in [-0.4, -0.2) is 44.2 Å². The molecular formula is C24H16F3N7O4S. The Labute approximate surface area is 218 Å². The standard InChI is InChI=1S/C24H16F3N7O4S/c1-12-13(25)3-2-4-18(12)39(37,38)33-15-6-5-14(26)21(20(15)27)31-23-22-16(28-11-29-23)7-8-19(30-22)34-10-9-17(32-34)24(35)36/h2-11,33H,1H3,(H,35,36)(H,28,29,31). The first-order chi connectivity index (χ1) is 18.5. The number of carboxylic acids is 1. The molecule has 0 bridgehead atoms. The topological polar surface area (TPSA) is 152 Å². The second kappa shape index (κ2) is 9.68. The van der Waals surface area contributed by atoms with E-state index in [2.05, 4.69) is 25.4 Å². The summed E-state index contributed by atoms with van der Waals surface area (Å²) in [6.45, 7) is 1.26. The van der Waals surface area contributed by atoms with Gasteiger partial charge >= 0.3 is 5.97 Å². The van der Waals surface area contributed by atoms with Crippen LogP contribution < -0.4 is 10.0 Å². The fourth-order valence-corrected chi connectivity index (χ4v) is 4.97. The molecule has 15 heteroatoms. The van der Waals surface area contributed by atoms with Crippen LogP contribution in [-0.2, 0) is 10.0 Å². The number of carbonyl (C=O) groups is 1. The summed E-state index contributed by atoms with van der Waals surface area (Å²) in [6.07, 6.45) is 2.49. The summed E-state index contributed by atoms with van der Waals surface area (Å²) in [5.74, 6) is -4.34. The molecule has 0 amide bonds. The van der Waals surface area contributed by atoms with Crippen LogP contribution in [0.15, 0.2) is 66.0 Å². The average molecular weight is 555 g/mol. The molecule has 0 radical (unpaired) electrons. The van der Waals surface area contributed by atoms with Crippen molar-refractivity contribution >= 4 is 44.2 Å². The fraction of sp³-hybridized carbons (Fsp3) is 0.0417. The molecule has 3 N–H and O–H groups in total. The molecule has 11 nitrogen and oxygen atoms in total. The number of rotatable bonds is 7. The van der Waals surface area contributed by atoms with Gasteiger partial charge in [-0.1, -0.05) is 6.07 Å². The van der Waals surface area contributed by atoms with Gasteiger partial charge in [-0.25, -0.2) is 46.0 Å². The Morgan fingerprint density at radius 1 is 1.00 bits per heavy atom. The summed E-state index contributed by atoms with van der Waals surface area (Å²) in [6, 6.07) is 9.42. The van der Waals surface area contributed by atoms with Crippen molar-refractivity contribution in [2.24, 2.45) is 0 Å². The van der Waals surface area contributed by atoms with Crippen molar-refractivity contribution in [2.75, 3.05) is 10.0 Å². The molecular weight excluding hydrogens is 539 g/mol. The third-order valence-electron chi connectivity index (χ3n) is 5.60. The molecule has 0 atom stereocenters. The Morgan fingerprint density at radius 3 is 2.54 bits per heavy atom. The zero-order valence-corrected chi connectivity index (χ0v) is 20.5. The lowest BCUT2D eigenvalue weighted by Gasteiger charge is -2.15.